The summed E-state index contributed by atoms with van der Waals surface area (Å²) in [6, 6.07) is 5.37. The Hall–Kier alpha value is -1.60. The van der Waals surface area contributed by atoms with Crippen LogP contribution in [0.5, 0.6) is 5.75 Å². The highest BCUT2D eigenvalue weighted by atomic mass is 32.2. The molecule has 0 aliphatic rings. The van der Waals surface area contributed by atoms with E-state index < -0.39 is 16.1 Å². The number of nitrogens with zero attached hydrogens (tertiary/aromatic N) is 1. The molecule has 7 heteroatoms. The molecule has 0 spiro atoms. The molecule has 1 atom stereocenters. The van der Waals surface area contributed by atoms with Crippen molar-refractivity contribution in [3.63, 3.8) is 0 Å². The Balaban J connectivity index is 2.98. The Kier molecular flexibility index (Phi) is 7.02. The van der Waals surface area contributed by atoms with Crippen LogP contribution in [0.1, 0.15) is 27.2 Å². The van der Waals surface area contributed by atoms with Crippen molar-refractivity contribution < 1.29 is 17.9 Å². The van der Waals surface area contributed by atoms with Crippen LogP contribution in [0.4, 0.5) is 0 Å². The standard InChI is InChI=1S/C16H26N2O4S/c1-6-22-13-7-9-14(10-8-13)23(20,21)17-15(11-12(2)3)16(19)18(4)5/h7-10,12,15,17H,6,11H2,1-5H3. The fourth-order valence-electron chi connectivity index (χ4n) is 2.12. The lowest BCUT2D eigenvalue weighted by Crippen LogP contribution is -2.46. The van der Waals surface area contributed by atoms with Gasteiger partial charge in [-0.15, -0.1) is 0 Å². The summed E-state index contributed by atoms with van der Waals surface area (Å²) in [5.74, 6) is 0.537. The van der Waals surface area contributed by atoms with Gasteiger partial charge in [0.1, 0.15) is 11.8 Å². The predicted octanol–water partition coefficient (Wildman–Crippen LogP) is 1.87. The maximum atomic E-state index is 12.5. The summed E-state index contributed by atoms with van der Waals surface area (Å²) in [6.45, 7) is 6.26. The Labute approximate surface area is 138 Å². The van der Waals surface area contributed by atoms with Crippen molar-refractivity contribution in [2.75, 3.05) is 20.7 Å². The van der Waals surface area contributed by atoms with Gasteiger partial charge in [0.2, 0.25) is 15.9 Å². The summed E-state index contributed by atoms with van der Waals surface area (Å²) in [5.41, 5.74) is 0. The molecule has 0 aliphatic carbocycles. The van der Waals surface area contributed by atoms with Crippen molar-refractivity contribution in [1.82, 2.24) is 9.62 Å². The number of sulfonamides is 1. The quantitative estimate of drug-likeness (QED) is 0.782. The molecule has 1 aromatic rings. The van der Waals surface area contributed by atoms with Gasteiger partial charge in [0.05, 0.1) is 11.5 Å². The van der Waals surface area contributed by atoms with Crippen LogP contribution < -0.4 is 9.46 Å². The van der Waals surface area contributed by atoms with E-state index in [4.69, 9.17) is 4.74 Å². The highest BCUT2D eigenvalue weighted by Gasteiger charge is 2.27. The van der Waals surface area contributed by atoms with E-state index in [1.54, 1.807) is 26.2 Å². The smallest absolute Gasteiger partial charge is 0.241 e. The van der Waals surface area contributed by atoms with Gasteiger partial charge in [0.15, 0.2) is 0 Å². The Bertz CT molecular complexity index is 609. The number of ether oxygens (including phenoxy) is 1. The van der Waals surface area contributed by atoms with E-state index >= 15 is 0 Å². The minimum Gasteiger partial charge on any atom is -0.494 e. The lowest BCUT2D eigenvalue weighted by Gasteiger charge is -2.23. The van der Waals surface area contributed by atoms with Crippen molar-refractivity contribution in [2.24, 2.45) is 5.92 Å². The first kappa shape index (κ1) is 19.4. The number of benzene rings is 1. The first-order valence-corrected chi connectivity index (χ1v) is 9.12. The van der Waals surface area contributed by atoms with Crippen LogP contribution in [0, 0.1) is 5.92 Å². The Morgan fingerprint density at radius 1 is 1.22 bits per heavy atom. The summed E-state index contributed by atoms with van der Waals surface area (Å²) in [4.78, 5) is 13.7. The molecule has 1 amide bonds. The van der Waals surface area contributed by atoms with Crippen molar-refractivity contribution in [1.29, 1.82) is 0 Å². The molecule has 0 heterocycles. The van der Waals surface area contributed by atoms with Gasteiger partial charge in [-0.1, -0.05) is 13.8 Å². The minimum absolute atomic E-state index is 0.112. The molecular weight excluding hydrogens is 316 g/mol. The van der Waals surface area contributed by atoms with Crippen molar-refractivity contribution >= 4 is 15.9 Å². The number of likely N-dealkylation sites (N-methyl/N-ethyl adjacent to an activating group) is 1. The molecule has 1 rings (SSSR count). The van der Waals surface area contributed by atoms with Gasteiger partial charge in [-0.05, 0) is 43.5 Å². The summed E-state index contributed by atoms with van der Waals surface area (Å²) < 4.78 is 32.8. The third kappa shape index (κ3) is 5.84. The first-order valence-electron chi connectivity index (χ1n) is 7.63. The minimum atomic E-state index is -3.77. The number of carbonyl (C=O) groups is 1. The SMILES string of the molecule is CCOc1ccc(S(=O)(=O)NC(CC(C)C)C(=O)N(C)C)cc1. The average Bonchev–Trinajstić information content (AvgIpc) is 2.46. The number of nitrogens with one attached hydrogen (secondary N) is 1. The molecule has 0 bridgehead atoms. The normalized spacial score (nSPS) is 13.0. The second-order valence-corrected chi connectivity index (χ2v) is 7.65. The van der Waals surface area contributed by atoms with E-state index in [0.717, 1.165) is 0 Å². The molecule has 1 N–H and O–H groups in total. The number of amides is 1. The van der Waals surface area contributed by atoms with Gasteiger partial charge in [0.25, 0.3) is 0 Å². The number of hydrogen-bond acceptors (Lipinski definition) is 4. The molecule has 130 valence electrons. The van der Waals surface area contributed by atoms with E-state index in [0.29, 0.717) is 18.8 Å². The molecular formula is C16H26N2O4S. The lowest BCUT2D eigenvalue weighted by molar-refractivity contribution is -0.130. The maximum absolute atomic E-state index is 12.5. The predicted molar refractivity (Wildman–Crippen MR) is 89.9 cm³/mol. The van der Waals surface area contributed by atoms with Crippen molar-refractivity contribution in [3.8, 4) is 5.75 Å². The summed E-state index contributed by atoms with van der Waals surface area (Å²) in [6.07, 6.45) is 0.438. The van der Waals surface area contributed by atoms with E-state index in [-0.39, 0.29) is 16.7 Å². The molecule has 0 aromatic heterocycles. The molecule has 0 saturated carbocycles. The highest BCUT2D eigenvalue weighted by Crippen LogP contribution is 2.17. The molecule has 0 saturated heterocycles. The molecule has 23 heavy (non-hydrogen) atoms. The van der Waals surface area contributed by atoms with Gasteiger partial charge >= 0.3 is 0 Å². The van der Waals surface area contributed by atoms with Crippen LogP contribution in [0.25, 0.3) is 0 Å². The van der Waals surface area contributed by atoms with Gasteiger partial charge in [-0.3, -0.25) is 4.79 Å². The largest absolute Gasteiger partial charge is 0.494 e. The van der Waals surface area contributed by atoms with Gasteiger partial charge in [0, 0.05) is 14.1 Å². The summed E-state index contributed by atoms with van der Waals surface area (Å²) >= 11 is 0. The molecule has 0 fully saturated rings. The van der Waals surface area contributed by atoms with Gasteiger partial charge < -0.3 is 9.64 Å². The summed E-state index contributed by atoms with van der Waals surface area (Å²) in [5, 5.41) is 0. The third-order valence-corrected chi connectivity index (χ3v) is 4.68. The van der Waals surface area contributed by atoms with Crippen LogP contribution in [-0.4, -0.2) is 46.0 Å². The second kappa shape index (κ2) is 8.31. The Morgan fingerprint density at radius 3 is 2.22 bits per heavy atom. The third-order valence-electron chi connectivity index (χ3n) is 3.19. The molecule has 0 aliphatic heterocycles. The first-order chi connectivity index (χ1) is 10.7. The Morgan fingerprint density at radius 2 is 1.78 bits per heavy atom. The zero-order valence-corrected chi connectivity index (χ0v) is 15.2. The lowest BCUT2D eigenvalue weighted by atomic mass is 10.0. The monoisotopic (exact) mass is 342 g/mol. The number of rotatable bonds is 8. The number of carbonyl (C=O) groups excluding carboxylic acids is 1. The fraction of sp³-hybridized carbons (Fsp3) is 0.562. The highest BCUT2D eigenvalue weighted by molar-refractivity contribution is 7.89. The van der Waals surface area contributed by atoms with Crippen molar-refractivity contribution in [2.45, 2.75) is 38.1 Å². The van der Waals surface area contributed by atoms with E-state index in [2.05, 4.69) is 4.72 Å². The van der Waals surface area contributed by atoms with E-state index in [1.165, 1.54) is 17.0 Å². The van der Waals surface area contributed by atoms with Crippen molar-refractivity contribution in [3.05, 3.63) is 24.3 Å². The van der Waals surface area contributed by atoms with Crippen LogP contribution in [0.15, 0.2) is 29.2 Å². The second-order valence-electron chi connectivity index (χ2n) is 5.94. The average molecular weight is 342 g/mol. The summed E-state index contributed by atoms with van der Waals surface area (Å²) in [7, 11) is -0.545. The maximum Gasteiger partial charge on any atom is 0.241 e. The van der Waals surface area contributed by atoms with Crippen LogP contribution in [-0.2, 0) is 14.8 Å². The topological polar surface area (TPSA) is 75.7 Å². The molecule has 0 radical (unpaired) electrons. The van der Waals surface area contributed by atoms with Crippen LogP contribution in [0.2, 0.25) is 0 Å². The zero-order chi connectivity index (χ0) is 17.6. The van der Waals surface area contributed by atoms with E-state index in [9.17, 15) is 13.2 Å². The van der Waals surface area contributed by atoms with E-state index in [1.807, 2.05) is 20.8 Å². The van der Waals surface area contributed by atoms with Crippen LogP contribution >= 0.6 is 0 Å². The molecule has 6 nitrogen and oxygen atoms in total. The van der Waals surface area contributed by atoms with Gasteiger partial charge in [-0.25, -0.2) is 8.42 Å². The zero-order valence-electron chi connectivity index (χ0n) is 14.4. The van der Waals surface area contributed by atoms with Gasteiger partial charge in [-0.2, -0.15) is 4.72 Å². The molecule has 1 unspecified atom stereocenters. The van der Waals surface area contributed by atoms with Crippen LogP contribution in [0.3, 0.4) is 0 Å². The molecule has 1 aromatic carbocycles. The number of hydrogen-bond donors (Lipinski definition) is 1. The fourth-order valence-corrected chi connectivity index (χ4v) is 3.32.